The van der Waals surface area contributed by atoms with E-state index in [-0.39, 0.29) is 41.3 Å². The van der Waals surface area contributed by atoms with Crippen molar-refractivity contribution in [1.82, 2.24) is 24.6 Å². The van der Waals surface area contributed by atoms with E-state index in [0.717, 1.165) is 12.0 Å². The average molecular weight is 565 g/mol. The Morgan fingerprint density at radius 2 is 1.97 bits per heavy atom. The summed E-state index contributed by atoms with van der Waals surface area (Å²) in [6.45, 7) is 7.07. The van der Waals surface area contributed by atoms with Crippen molar-refractivity contribution in [3.05, 3.63) is 46.0 Å². The summed E-state index contributed by atoms with van der Waals surface area (Å²) in [6.07, 6.45) is 1.44. The van der Waals surface area contributed by atoms with E-state index in [4.69, 9.17) is 4.42 Å². The van der Waals surface area contributed by atoms with Crippen molar-refractivity contribution in [3.8, 4) is 0 Å². The number of anilines is 1. The zero-order valence-corrected chi connectivity index (χ0v) is 22.4. The van der Waals surface area contributed by atoms with Crippen molar-refractivity contribution < 1.29 is 18.8 Å². The molecule has 1 saturated carbocycles. The number of aryl methyl sites for hydroxylation is 2. The molecule has 3 atom stereocenters. The molecule has 2 aliphatic rings. The number of carbonyl (C=O) groups is 3. The summed E-state index contributed by atoms with van der Waals surface area (Å²) in [7, 11) is 0. The molecule has 2 fully saturated rings. The number of rotatable bonds is 5. The molecule has 4 heterocycles. The van der Waals surface area contributed by atoms with Crippen molar-refractivity contribution in [1.29, 1.82) is 0 Å². The number of hydrogen-bond donors (Lipinski definition) is 1. The van der Waals surface area contributed by atoms with Gasteiger partial charge in [-0.05, 0) is 64.9 Å². The molecule has 0 radical (unpaired) electrons. The highest BCUT2D eigenvalue weighted by Gasteiger charge is 2.64. The third-order valence-corrected chi connectivity index (χ3v) is 7.96. The van der Waals surface area contributed by atoms with Crippen LogP contribution >= 0.6 is 15.9 Å². The molecule has 1 saturated heterocycles. The molecule has 0 spiro atoms. The lowest BCUT2D eigenvalue weighted by atomic mass is 10.0. The second-order valence-electron chi connectivity index (χ2n) is 10.3. The van der Waals surface area contributed by atoms with Gasteiger partial charge in [-0.15, -0.1) is 0 Å². The van der Waals surface area contributed by atoms with E-state index in [2.05, 4.69) is 43.2 Å². The minimum atomic E-state index is -0.615. The number of fused-ring (bicyclic) bond motifs is 3. The Bertz CT molecular complexity index is 1640. The maximum absolute atomic E-state index is 13.7. The monoisotopic (exact) mass is 564 g/mol. The fourth-order valence-electron chi connectivity index (χ4n) is 5.49. The molecule has 4 aromatic rings. The molecule has 2 amide bonds. The molecule has 1 aromatic carbocycles. The number of benzene rings is 1. The number of piperidine rings is 1. The van der Waals surface area contributed by atoms with Gasteiger partial charge in [-0.25, -0.2) is 9.97 Å². The standard InChI is InChI=1S/C26H25BrN6O4/c1-12-5-6-21(27)29-24(12)30-25(36)18-9-26(4)10-20(26)33(18)22(35)11-32-17-8-16-19(37-14(3)28-16)7-15(17)23(31-32)13(2)34/h5-8,18,20H,9-11H2,1-4H3,(H,29,30,36)/t18-,20+,26-/m0/s1. The quantitative estimate of drug-likeness (QED) is 0.285. The van der Waals surface area contributed by atoms with Crippen LogP contribution in [0, 0.1) is 19.3 Å². The van der Waals surface area contributed by atoms with Crippen molar-refractivity contribution in [2.24, 2.45) is 5.41 Å². The van der Waals surface area contributed by atoms with E-state index in [0.29, 0.717) is 44.7 Å². The first-order chi connectivity index (χ1) is 17.5. The van der Waals surface area contributed by atoms with Gasteiger partial charge in [0, 0.05) is 25.3 Å². The van der Waals surface area contributed by atoms with Gasteiger partial charge in [-0.3, -0.25) is 19.1 Å². The number of Topliss-reactive ketones (excluding diaryl/α,β-unsaturated/α-hetero) is 1. The first-order valence-electron chi connectivity index (χ1n) is 12.1. The Balaban J connectivity index is 1.32. The Labute approximate surface area is 220 Å². The van der Waals surface area contributed by atoms with Crippen LogP contribution in [0.1, 0.15) is 48.6 Å². The molecule has 0 bridgehead atoms. The van der Waals surface area contributed by atoms with Gasteiger partial charge in [0.15, 0.2) is 17.3 Å². The fraction of sp³-hybridized carbons (Fsp3) is 0.385. The van der Waals surface area contributed by atoms with Gasteiger partial charge in [0.25, 0.3) is 0 Å². The Morgan fingerprint density at radius 3 is 2.73 bits per heavy atom. The third-order valence-electron chi connectivity index (χ3n) is 7.52. The summed E-state index contributed by atoms with van der Waals surface area (Å²) in [5.41, 5.74) is 2.81. The summed E-state index contributed by atoms with van der Waals surface area (Å²) in [4.78, 5) is 49.9. The molecule has 190 valence electrons. The first kappa shape index (κ1) is 23.8. The van der Waals surface area contributed by atoms with Crippen LogP contribution in [0.15, 0.2) is 33.3 Å². The van der Waals surface area contributed by atoms with Crippen molar-refractivity contribution in [3.63, 3.8) is 0 Å². The van der Waals surface area contributed by atoms with Crippen molar-refractivity contribution in [2.75, 3.05) is 5.32 Å². The van der Waals surface area contributed by atoms with Crippen molar-refractivity contribution in [2.45, 2.75) is 59.2 Å². The molecule has 1 aliphatic carbocycles. The number of hydrogen-bond acceptors (Lipinski definition) is 7. The van der Waals surface area contributed by atoms with Crippen LogP contribution in [0.2, 0.25) is 0 Å². The third kappa shape index (κ3) is 3.92. The smallest absolute Gasteiger partial charge is 0.248 e. The van der Waals surface area contributed by atoms with E-state index in [1.54, 1.807) is 24.0 Å². The summed E-state index contributed by atoms with van der Waals surface area (Å²) < 4.78 is 7.78. The normalized spacial score (nSPS) is 22.5. The van der Waals surface area contributed by atoms with E-state index in [9.17, 15) is 14.4 Å². The minimum Gasteiger partial charge on any atom is -0.441 e. The molecular weight excluding hydrogens is 540 g/mol. The van der Waals surface area contributed by atoms with E-state index >= 15 is 0 Å². The number of nitrogens with one attached hydrogen (secondary N) is 1. The van der Waals surface area contributed by atoms with E-state index in [1.807, 2.05) is 19.1 Å². The zero-order valence-electron chi connectivity index (χ0n) is 20.8. The summed E-state index contributed by atoms with van der Waals surface area (Å²) in [5, 5.41) is 7.99. The highest BCUT2D eigenvalue weighted by molar-refractivity contribution is 9.10. The lowest BCUT2D eigenvalue weighted by molar-refractivity contribution is -0.138. The largest absolute Gasteiger partial charge is 0.441 e. The van der Waals surface area contributed by atoms with Crippen LogP contribution in [0.3, 0.4) is 0 Å². The number of nitrogens with zero attached hydrogens (tertiary/aromatic N) is 5. The molecule has 3 aromatic heterocycles. The minimum absolute atomic E-state index is 0.00804. The molecule has 11 heteroatoms. The summed E-state index contributed by atoms with van der Waals surface area (Å²) in [5.74, 6) is 0.286. The number of aromatic nitrogens is 4. The van der Waals surface area contributed by atoms with Gasteiger partial charge in [0.05, 0.1) is 5.52 Å². The first-order valence-corrected chi connectivity index (χ1v) is 12.9. The SMILES string of the molecule is CC(=O)c1nn(CC(=O)N2[C@H](C(=O)Nc3nc(Br)ccc3C)C[C@@]3(C)C[C@@H]23)c2cc3nc(C)oc3cc12. The van der Waals surface area contributed by atoms with Crippen LogP contribution < -0.4 is 5.32 Å². The van der Waals surface area contributed by atoms with Crippen LogP contribution in [-0.4, -0.2) is 54.3 Å². The van der Waals surface area contributed by atoms with Gasteiger partial charge in [0.2, 0.25) is 11.8 Å². The molecule has 0 unspecified atom stereocenters. The molecule has 10 nitrogen and oxygen atoms in total. The number of pyridine rings is 1. The van der Waals surface area contributed by atoms with Gasteiger partial charge < -0.3 is 14.6 Å². The Morgan fingerprint density at radius 1 is 1.19 bits per heavy atom. The van der Waals surface area contributed by atoms with Gasteiger partial charge in [-0.1, -0.05) is 13.0 Å². The number of amides is 2. The highest BCUT2D eigenvalue weighted by atomic mass is 79.9. The lowest BCUT2D eigenvalue weighted by Crippen LogP contribution is -2.47. The topological polar surface area (TPSA) is 123 Å². The molecule has 6 rings (SSSR count). The molecular formula is C26H25BrN6O4. The number of carbonyl (C=O) groups excluding carboxylic acids is 3. The number of halogens is 1. The second kappa shape index (κ2) is 8.20. The van der Waals surface area contributed by atoms with Crippen LogP contribution in [0.25, 0.3) is 22.0 Å². The lowest BCUT2D eigenvalue weighted by Gasteiger charge is -2.27. The summed E-state index contributed by atoms with van der Waals surface area (Å²) >= 11 is 3.34. The average Bonchev–Trinajstić information content (AvgIpc) is 3.09. The highest BCUT2D eigenvalue weighted by Crippen LogP contribution is 2.59. The van der Waals surface area contributed by atoms with Gasteiger partial charge in [-0.2, -0.15) is 5.10 Å². The van der Waals surface area contributed by atoms with Crippen molar-refractivity contribution >= 4 is 61.3 Å². The predicted octanol–water partition coefficient (Wildman–Crippen LogP) is 4.17. The molecule has 1 aliphatic heterocycles. The second-order valence-corrected chi connectivity index (χ2v) is 11.1. The maximum atomic E-state index is 13.7. The van der Waals surface area contributed by atoms with E-state index in [1.165, 1.54) is 11.6 Å². The zero-order chi connectivity index (χ0) is 26.2. The van der Waals surface area contributed by atoms with Crippen LogP contribution in [-0.2, 0) is 16.1 Å². The number of oxazole rings is 1. The van der Waals surface area contributed by atoms with Gasteiger partial charge in [0.1, 0.15) is 34.2 Å². The summed E-state index contributed by atoms with van der Waals surface area (Å²) in [6, 6.07) is 6.58. The Hall–Kier alpha value is -3.60. The van der Waals surface area contributed by atoms with Gasteiger partial charge >= 0.3 is 0 Å². The van der Waals surface area contributed by atoms with Crippen LogP contribution in [0.4, 0.5) is 5.82 Å². The van der Waals surface area contributed by atoms with E-state index < -0.39 is 6.04 Å². The maximum Gasteiger partial charge on any atom is 0.248 e. The van der Waals surface area contributed by atoms with Crippen LogP contribution in [0.5, 0.6) is 0 Å². The number of likely N-dealkylation sites (tertiary alicyclic amines) is 1. The molecule has 37 heavy (non-hydrogen) atoms. The molecule has 1 N–H and O–H groups in total. The predicted molar refractivity (Wildman–Crippen MR) is 139 cm³/mol. The fourth-order valence-corrected chi connectivity index (χ4v) is 5.80. The number of ketones is 1. The Kier molecular flexibility index (Phi) is 5.27.